The maximum atomic E-state index is 12.7. The number of urea groups is 1. The van der Waals surface area contributed by atoms with Gasteiger partial charge in [-0.2, -0.15) is 0 Å². The van der Waals surface area contributed by atoms with E-state index in [-0.39, 0.29) is 17.6 Å². The third kappa shape index (κ3) is 5.37. The lowest BCUT2D eigenvalue weighted by molar-refractivity contribution is -0.118. The lowest BCUT2D eigenvalue weighted by Gasteiger charge is -2.19. The quantitative estimate of drug-likeness (QED) is 0.760. The van der Waals surface area contributed by atoms with Gasteiger partial charge < -0.3 is 16.4 Å². The van der Waals surface area contributed by atoms with Gasteiger partial charge in [0.1, 0.15) is 11.9 Å². The van der Waals surface area contributed by atoms with E-state index in [4.69, 9.17) is 5.73 Å². The van der Waals surface area contributed by atoms with Gasteiger partial charge in [0.05, 0.1) is 0 Å². The Morgan fingerprint density at radius 1 is 1.26 bits per heavy atom. The molecule has 4 N–H and O–H groups in total. The van der Waals surface area contributed by atoms with Crippen molar-refractivity contribution in [2.24, 2.45) is 11.7 Å². The van der Waals surface area contributed by atoms with Crippen LogP contribution in [0.2, 0.25) is 0 Å². The number of primary amides is 1. The molecule has 0 fully saturated rings. The molecule has 0 heterocycles. The monoisotopic (exact) mass is 267 g/mol. The third-order valence-electron chi connectivity index (χ3n) is 2.45. The summed E-state index contributed by atoms with van der Waals surface area (Å²) in [6.45, 7) is 3.86. The molecule has 1 aromatic rings. The summed E-state index contributed by atoms with van der Waals surface area (Å²) in [6, 6.07) is 3.93. The number of carbonyl (C=O) groups is 2. The summed E-state index contributed by atoms with van der Waals surface area (Å²) in [7, 11) is 0. The Morgan fingerprint density at radius 2 is 1.84 bits per heavy atom. The number of hydrogen-bond donors (Lipinski definition) is 3. The van der Waals surface area contributed by atoms with Gasteiger partial charge in [-0.3, -0.25) is 4.79 Å². The number of nitrogens with two attached hydrogens (primary N) is 1. The largest absolute Gasteiger partial charge is 0.352 e. The molecule has 0 aliphatic rings. The Kier molecular flexibility index (Phi) is 5.29. The maximum absolute atomic E-state index is 12.7. The first-order chi connectivity index (χ1) is 8.88. The molecule has 1 atom stereocenters. The molecule has 19 heavy (non-hydrogen) atoms. The molecule has 0 bridgehead atoms. The summed E-state index contributed by atoms with van der Waals surface area (Å²) >= 11 is 0. The molecule has 1 rings (SSSR count). The van der Waals surface area contributed by atoms with Crippen molar-refractivity contribution in [2.45, 2.75) is 26.3 Å². The summed E-state index contributed by atoms with van der Waals surface area (Å²) in [5.74, 6) is -0.540. The predicted molar refractivity (Wildman–Crippen MR) is 71.0 cm³/mol. The summed E-state index contributed by atoms with van der Waals surface area (Å²) in [4.78, 5) is 22.9. The van der Waals surface area contributed by atoms with Crippen LogP contribution < -0.4 is 16.4 Å². The molecule has 0 aliphatic heterocycles. The van der Waals surface area contributed by atoms with Gasteiger partial charge in [0, 0.05) is 5.69 Å². The van der Waals surface area contributed by atoms with Gasteiger partial charge in [-0.05, 0) is 36.6 Å². The van der Waals surface area contributed by atoms with E-state index in [2.05, 4.69) is 10.6 Å². The number of benzene rings is 1. The van der Waals surface area contributed by atoms with Crippen molar-refractivity contribution in [3.63, 3.8) is 0 Å². The van der Waals surface area contributed by atoms with Crippen molar-refractivity contribution in [2.75, 3.05) is 5.32 Å². The summed E-state index contributed by atoms with van der Waals surface area (Å²) < 4.78 is 12.7. The third-order valence-corrected chi connectivity index (χ3v) is 2.45. The van der Waals surface area contributed by atoms with Crippen molar-refractivity contribution in [1.82, 2.24) is 5.32 Å². The maximum Gasteiger partial charge on any atom is 0.312 e. The standard InChI is InChI=1S/C13H18FN3O2/c1-8(2)7-11(17-13(15)19)12(18)16-10-5-3-9(14)4-6-10/h3-6,8,11H,7H2,1-2H3,(H,16,18)(H3,15,17,19)/t11-/m0/s1. The molecule has 1 aromatic carbocycles. The predicted octanol–water partition coefficient (Wildman–Crippen LogP) is 1.85. The molecule has 104 valence electrons. The zero-order valence-electron chi connectivity index (χ0n) is 10.9. The van der Waals surface area contributed by atoms with Crippen molar-refractivity contribution in [3.05, 3.63) is 30.1 Å². The average Bonchev–Trinajstić information content (AvgIpc) is 2.30. The highest BCUT2D eigenvalue weighted by Gasteiger charge is 2.20. The average molecular weight is 267 g/mol. The molecule has 5 nitrogen and oxygen atoms in total. The molecule has 0 saturated carbocycles. The SMILES string of the molecule is CC(C)C[C@H](NC(N)=O)C(=O)Nc1ccc(F)cc1. The Labute approximate surface area is 111 Å². The zero-order valence-corrected chi connectivity index (χ0v) is 10.9. The molecule has 0 spiro atoms. The molecule has 0 aromatic heterocycles. The second kappa shape index (κ2) is 6.72. The number of rotatable bonds is 5. The Bertz CT molecular complexity index is 446. The highest BCUT2D eigenvalue weighted by atomic mass is 19.1. The first kappa shape index (κ1) is 14.9. The van der Waals surface area contributed by atoms with Crippen LogP contribution >= 0.6 is 0 Å². The van der Waals surface area contributed by atoms with E-state index in [1.807, 2.05) is 13.8 Å². The van der Waals surface area contributed by atoms with E-state index < -0.39 is 12.1 Å². The van der Waals surface area contributed by atoms with Crippen LogP contribution in [0, 0.1) is 11.7 Å². The molecule has 0 aliphatic carbocycles. The van der Waals surface area contributed by atoms with E-state index >= 15 is 0 Å². The lowest BCUT2D eigenvalue weighted by atomic mass is 10.0. The first-order valence-corrected chi connectivity index (χ1v) is 6.01. The molecular weight excluding hydrogens is 249 g/mol. The highest BCUT2D eigenvalue weighted by molar-refractivity contribution is 5.96. The van der Waals surface area contributed by atoms with Gasteiger partial charge in [-0.1, -0.05) is 13.8 Å². The van der Waals surface area contributed by atoms with Crippen LogP contribution in [0.3, 0.4) is 0 Å². The van der Waals surface area contributed by atoms with Crippen molar-refractivity contribution in [1.29, 1.82) is 0 Å². The number of halogens is 1. The molecular formula is C13H18FN3O2. The van der Waals surface area contributed by atoms with Crippen LogP contribution in [0.25, 0.3) is 0 Å². The second-order valence-electron chi connectivity index (χ2n) is 4.69. The van der Waals surface area contributed by atoms with E-state index in [1.54, 1.807) is 0 Å². The van der Waals surface area contributed by atoms with Gasteiger partial charge in [0.15, 0.2) is 0 Å². The molecule has 0 unspecified atom stereocenters. The summed E-state index contributed by atoms with van der Waals surface area (Å²) in [5, 5.41) is 5.00. The smallest absolute Gasteiger partial charge is 0.312 e. The first-order valence-electron chi connectivity index (χ1n) is 6.01. The number of carbonyl (C=O) groups excluding carboxylic acids is 2. The molecule has 0 saturated heterocycles. The minimum absolute atomic E-state index is 0.218. The van der Waals surface area contributed by atoms with Gasteiger partial charge in [0.2, 0.25) is 5.91 Å². The number of nitrogens with one attached hydrogen (secondary N) is 2. The fourth-order valence-corrected chi connectivity index (χ4v) is 1.64. The van der Waals surface area contributed by atoms with Crippen LogP contribution in [0.4, 0.5) is 14.9 Å². The van der Waals surface area contributed by atoms with Crippen LogP contribution in [-0.2, 0) is 4.79 Å². The number of anilines is 1. The van der Waals surface area contributed by atoms with Crippen LogP contribution in [0.15, 0.2) is 24.3 Å². The minimum Gasteiger partial charge on any atom is -0.352 e. The van der Waals surface area contributed by atoms with Gasteiger partial charge in [0.25, 0.3) is 0 Å². The van der Waals surface area contributed by atoms with E-state index in [0.717, 1.165) is 0 Å². The normalized spacial score (nSPS) is 12.0. The second-order valence-corrected chi connectivity index (χ2v) is 4.69. The fraction of sp³-hybridized carbons (Fsp3) is 0.385. The van der Waals surface area contributed by atoms with E-state index in [1.165, 1.54) is 24.3 Å². The van der Waals surface area contributed by atoms with Crippen molar-refractivity contribution in [3.8, 4) is 0 Å². The lowest BCUT2D eigenvalue weighted by Crippen LogP contribution is -2.46. The van der Waals surface area contributed by atoms with E-state index in [0.29, 0.717) is 12.1 Å². The van der Waals surface area contributed by atoms with Gasteiger partial charge >= 0.3 is 6.03 Å². The summed E-state index contributed by atoms with van der Waals surface area (Å²) in [6.07, 6.45) is 0.468. The summed E-state index contributed by atoms with van der Waals surface area (Å²) in [5.41, 5.74) is 5.50. The molecule has 3 amide bonds. The van der Waals surface area contributed by atoms with Crippen LogP contribution in [0.5, 0.6) is 0 Å². The molecule has 0 radical (unpaired) electrons. The number of hydrogen-bond acceptors (Lipinski definition) is 2. The zero-order chi connectivity index (χ0) is 14.4. The topological polar surface area (TPSA) is 84.2 Å². The van der Waals surface area contributed by atoms with E-state index in [9.17, 15) is 14.0 Å². The van der Waals surface area contributed by atoms with Crippen molar-refractivity contribution < 1.29 is 14.0 Å². The van der Waals surface area contributed by atoms with Gasteiger partial charge in [-0.15, -0.1) is 0 Å². The Morgan fingerprint density at radius 3 is 2.32 bits per heavy atom. The minimum atomic E-state index is -0.750. The Balaban J connectivity index is 2.70. The van der Waals surface area contributed by atoms with Crippen molar-refractivity contribution >= 4 is 17.6 Å². The fourth-order valence-electron chi connectivity index (χ4n) is 1.64. The number of amides is 3. The molecule has 6 heteroatoms. The van der Waals surface area contributed by atoms with Crippen LogP contribution in [0.1, 0.15) is 20.3 Å². The van der Waals surface area contributed by atoms with Gasteiger partial charge in [-0.25, -0.2) is 9.18 Å². The Hall–Kier alpha value is -2.11. The highest BCUT2D eigenvalue weighted by Crippen LogP contribution is 2.11. The van der Waals surface area contributed by atoms with Crippen LogP contribution in [-0.4, -0.2) is 18.0 Å².